The van der Waals surface area contributed by atoms with Gasteiger partial charge in [-0.3, -0.25) is 9.59 Å². The third kappa shape index (κ3) is 4.74. The molecule has 1 N–H and O–H groups in total. The second-order valence-electron chi connectivity index (χ2n) is 7.30. The van der Waals surface area contributed by atoms with Crippen LogP contribution >= 0.6 is 23.4 Å². The Balaban J connectivity index is 1.52. The van der Waals surface area contributed by atoms with Crippen molar-refractivity contribution in [3.63, 3.8) is 0 Å². The molecule has 3 aromatic rings. The van der Waals surface area contributed by atoms with Gasteiger partial charge in [0.05, 0.1) is 34.6 Å². The number of fused-ring (bicyclic) bond motifs is 1. The lowest BCUT2D eigenvalue weighted by Crippen LogP contribution is -2.37. The minimum atomic E-state index is -0.772. The zero-order chi connectivity index (χ0) is 22.0. The fraction of sp³-hybridized carbons (Fsp3) is 0.304. The zero-order valence-electron chi connectivity index (χ0n) is 16.8. The molecule has 0 amide bonds. The Labute approximate surface area is 188 Å². The summed E-state index contributed by atoms with van der Waals surface area (Å²) in [6.45, 7) is 0.630. The molecule has 1 saturated carbocycles. The minimum Gasteiger partial charge on any atom is -0.490 e. The Hall–Kier alpha value is -2.48. The summed E-state index contributed by atoms with van der Waals surface area (Å²) >= 11 is 7.81. The van der Waals surface area contributed by atoms with E-state index in [2.05, 4.69) is 0 Å². The zero-order valence-corrected chi connectivity index (χ0v) is 18.4. The summed E-state index contributed by atoms with van der Waals surface area (Å²) < 4.78 is 17.6. The number of halogens is 1. The normalized spacial score (nSPS) is 18.0. The monoisotopic (exact) mass is 460 g/mol. The van der Waals surface area contributed by atoms with Crippen molar-refractivity contribution in [2.24, 2.45) is 5.92 Å². The molecule has 0 aliphatic heterocycles. The summed E-state index contributed by atoms with van der Waals surface area (Å²) in [5, 5.41) is 9.73. The van der Waals surface area contributed by atoms with Gasteiger partial charge in [0.25, 0.3) is 0 Å². The molecule has 1 heterocycles. The standard InChI is InChI=1S/C23H21ClO6S/c1-31-15-5-6-17(21-12-19(25)16-3-2-4-18(24)22(16)30-21)20(11-15)29-8-7-28-14-9-13(10-14)23(26)27/h2-6,11-14H,7-10H2,1H3,(H,26,27)/t13-,14-. The third-order valence-corrected chi connectivity index (χ3v) is 6.32. The predicted octanol–water partition coefficient (Wildman–Crippen LogP) is 5.09. The number of ether oxygens (including phenoxy) is 2. The molecule has 1 aliphatic carbocycles. The van der Waals surface area contributed by atoms with Gasteiger partial charge < -0.3 is 19.0 Å². The van der Waals surface area contributed by atoms with E-state index >= 15 is 0 Å². The van der Waals surface area contributed by atoms with Gasteiger partial charge >= 0.3 is 5.97 Å². The molecule has 0 radical (unpaired) electrons. The van der Waals surface area contributed by atoms with E-state index < -0.39 is 5.97 Å². The Morgan fingerprint density at radius 2 is 2.03 bits per heavy atom. The summed E-state index contributed by atoms with van der Waals surface area (Å²) in [6, 6.07) is 12.2. The van der Waals surface area contributed by atoms with Gasteiger partial charge in [-0.2, -0.15) is 0 Å². The van der Waals surface area contributed by atoms with Gasteiger partial charge in [-0.15, -0.1) is 11.8 Å². The van der Waals surface area contributed by atoms with Crippen molar-refractivity contribution >= 4 is 40.3 Å². The number of hydrogen-bond donors (Lipinski definition) is 1. The maximum absolute atomic E-state index is 12.6. The molecular weight excluding hydrogens is 440 g/mol. The van der Waals surface area contributed by atoms with Crippen LogP contribution in [0.1, 0.15) is 12.8 Å². The van der Waals surface area contributed by atoms with E-state index in [1.54, 1.807) is 30.0 Å². The topological polar surface area (TPSA) is 86.0 Å². The SMILES string of the molecule is CSc1ccc(-c2cc(=O)c3cccc(Cl)c3o2)c(OCCO[C@H]2C[C@H](C(=O)O)C2)c1. The summed E-state index contributed by atoms with van der Waals surface area (Å²) in [5.41, 5.74) is 0.805. The molecule has 31 heavy (non-hydrogen) atoms. The number of carbonyl (C=O) groups is 1. The van der Waals surface area contributed by atoms with Gasteiger partial charge in [-0.1, -0.05) is 17.7 Å². The summed E-state index contributed by atoms with van der Waals surface area (Å²) in [6.07, 6.45) is 2.99. The van der Waals surface area contributed by atoms with Crippen LogP contribution in [0, 0.1) is 5.92 Å². The first-order valence-electron chi connectivity index (χ1n) is 9.84. The minimum absolute atomic E-state index is 0.0395. The molecule has 1 fully saturated rings. The van der Waals surface area contributed by atoms with Crippen molar-refractivity contribution in [2.75, 3.05) is 19.5 Å². The number of benzene rings is 2. The van der Waals surface area contributed by atoms with E-state index in [1.807, 2.05) is 24.5 Å². The quantitative estimate of drug-likeness (QED) is 0.370. The Morgan fingerprint density at radius 3 is 2.77 bits per heavy atom. The van der Waals surface area contributed by atoms with Crippen LogP contribution < -0.4 is 10.2 Å². The molecular formula is C23H21ClO6S. The highest BCUT2D eigenvalue weighted by molar-refractivity contribution is 7.98. The first-order valence-corrected chi connectivity index (χ1v) is 11.4. The number of rotatable bonds is 8. The fourth-order valence-electron chi connectivity index (χ4n) is 3.50. The lowest BCUT2D eigenvalue weighted by Gasteiger charge is -2.32. The number of para-hydroxylation sites is 1. The van der Waals surface area contributed by atoms with E-state index in [0.717, 1.165) is 4.90 Å². The number of thioether (sulfide) groups is 1. The first kappa shape index (κ1) is 21.7. The highest BCUT2D eigenvalue weighted by Crippen LogP contribution is 2.35. The second-order valence-corrected chi connectivity index (χ2v) is 8.59. The molecule has 0 unspecified atom stereocenters. The lowest BCUT2D eigenvalue weighted by molar-refractivity contribution is -0.151. The maximum Gasteiger partial charge on any atom is 0.306 e. The number of aliphatic carboxylic acids is 1. The highest BCUT2D eigenvalue weighted by atomic mass is 35.5. The van der Waals surface area contributed by atoms with Crippen molar-refractivity contribution in [2.45, 2.75) is 23.8 Å². The van der Waals surface area contributed by atoms with E-state index in [0.29, 0.717) is 52.5 Å². The van der Waals surface area contributed by atoms with Crippen LogP contribution in [-0.2, 0) is 9.53 Å². The van der Waals surface area contributed by atoms with Gasteiger partial charge in [-0.25, -0.2) is 0 Å². The number of carboxylic acids is 1. The molecule has 0 atom stereocenters. The molecule has 1 aromatic heterocycles. The van der Waals surface area contributed by atoms with Crippen molar-refractivity contribution in [1.29, 1.82) is 0 Å². The molecule has 2 aromatic carbocycles. The lowest BCUT2D eigenvalue weighted by atomic mass is 9.82. The summed E-state index contributed by atoms with van der Waals surface area (Å²) in [5.74, 6) is -0.135. The van der Waals surface area contributed by atoms with Gasteiger partial charge in [-0.05, 0) is 49.4 Å². The van der Waals surface area contributed by atoms with Crippen LogP contribution in [0.4, 0.5) is 0 Å². The molecule has 1 aliphatic rings. The van der Waals surface area contributed by atoms with Gasteiger partial charge in [0.1, 0.15) is 18.1 Å². The molecule has 4 rings (SSSR count). The largest absolute Gasteiger partial charge is 0.490 e. The van der Waals surface area contributed by atoms with Crippen LogP contribution in [-0.4, -0.2) is 36.6 Å². The van der Waals surface area contributed by atoms with Crippen LogP contribution in [0.15, 0.2) is 56.6 Å². The second kappa shape index (κ2) is 9.34. The van der Waals surface area contributed by atoms with Gasteiger partial charge in [0.2, 0.25) is 0 Å². The van der Waals surface area contributed by atoms with E-state index in [-0.39, 0.29) is 24.1 Å². The van der Waals surface area contributed by atoms with Crippen LogP contribution in [0.25, 0.3) is 22.3 Å². The van der Waals surface area contributed by atoms with Crippen LogP contribution in [0.2, 0.25) is 5.02 Å². The van der Waals surface area contributed by atoms with Crippen molar-refractivity contribution in [3.8, 4) is 17.1 Å². The molecule has 162 valence electrons. The van der Waals surface area contributed by atoms with Crippen molar-refractivity contribution < 1.29 is 23.8 Å². The van der Waals surface area contributed by atoms with Crippen molar-refractivity contribution in [3.05, 3.63) is 57.7 Å². The van der Waals surface area contributed by atoms with Crippen LogP contribution in [0.5, 0.6) is 5.75 Å². The summed E-state index contributed by atoms with van der Waals surface area (Å²) in [4.78, 5) is 24.5. The average Bonchev–Trinajstić information content (AvgIpc) is 2.72. The molecule has 0 bridgehead atoms. The first-order chi connectivity index (χ1) is 15.0. The Bertz CT molecular complexity index is 1170. The van der Waals surface area contributed by atoms with Crippen LogP contribution in [0.3, 0.4) is 0 Å². The third-order valence-electron chi connectivity index (χ3n) is 5.30. The molecule has 8 heteroatoms. The maximum atomic E-state index is 12.6. The van der Waals surface area contributed by atoms with Crippen molar-refractivity contribution in [1.82, 2.24) is 0 Å². The Morgan fingerprint density at radius 1 is 1.23 bits per heavy atom. The fourth-order valence-corrected chi connectivity index (χ4v) is 4.14. The van der Waals surface area contributed by atoms with E-state index in [4.69, 9.17) is 30.6 Å². The highest BCUT2D eigenvalue weighted by Gasteiger charge is 2.35. The van der Waals surface area contributed by atoms with Gasteiger partial charge in [0, 0.05) is 11.0 Å². The number of carboxylic acid groups (broad SMARTS) is 1. The summed E-state index contributed by atoms with van der Waals surface area (Å²) in [7, 11) is 0. The number of hydrogen-bond acceptors (Lipinski definition) is 6. The van der Waals surface area contributed by atoms with E-state index in [9.17, 15) is 9.59 Å². The molecule has 6 nitrogen and oxygen atoms in total. The van der Waals surface area contributed by atoms with E-state index in [1.165, 1.54) is 6.07 Å². The molecule has 0 saturated heterocycles. The predicted molar refractivity (Wildman–Crippen MR) is 120 cm³/mol. The average molecular weight is 461 g/mol. The molecule has 0 spiro atoms. The Kier molecular flexibility index (Phi) is 6.55. The smallest absolute Gasteiger partial charge is 0.306 e. The van der Waals surface area contributed by atoms with Gasteiger partial charge in [0.15, 0.2) is 11.0 Å².